The fourth-order valence-corrected chi connectivity index (χ4v) is 3.46. The summed E-state index contributed by atoms with van der Waals surface area (Å²) in [6.45, 7) is 5.20. The van der Waals surface area contributed by atoms with Crippen molar-refractivity contribution in [1.29, 1.82) is 0 Å². The number of aromatic nitrogens is 2. The van der Waals surface area contributed by atoms with Crippen LogP contribution in [0.2, 0.25) is 0 Å². The van der Waals surface area contributed by atoms with Crippen LogP contribution >= 0.6 is 0 Å². The van der Waals surface area contributed by atoms with Gasteiger partial charge >= 0.3 is 5.97 Å². The van der Waals surface area contributed by atoms with Gasteiger partial charge in [-0.15, -0.1) is 0 Å². The standard InChI is InChI=1S/C22H26N2O2/c1-4-6-17(5-2)20-13-19-11-12-24(21(19)23-14-20)15-16-7-9-18(10-8-16)22(25)26-3/h7-14,17H,4-6,15H2,1-3H3. The highest BCUT2D eigenvalue weighted by Crippen LogP contribution is 2.27. The quantitative estimate of drug-likeness (QED) is 0.553. The highest BCUT2D eigenvalue weighted by Gasteiger charge is 2.12. The Balaban J connectivity index is 1.82. The Morgan fingerprint density at radius 2 is 1.96 bits per heavy atom. The van der Waals surface area contributed by atoms with E-state index in [9.17, 15) is 4.79 Å². The van der Waals surface area contributed by atoms with Gasteiger partial charge in [-0.1, -0.05) is 32.4 Å². The Labute approximate surface area is 154 Å². The predicted octanol–water partition coefficient (Wildman–Crippen LogP) is 5.16. The average Bonchev–Trinajstić information content (AvgIpc) is 3.08. The second-order valence-electron chi connectivity index (χ2n) is 6.71. The van der Waals surface area contributed by atoms with Gasteiger partial charge < -0.3 is 9.30 Å². The maximum Gasteiger partial charge on any atom is 0.337 e. The highest BCUT2D eigenvalue weighted by atomic mass is 16.5. The molecule has 0 amide bonds. The van der Waals surface area contributed by atoms with E-state index in [2.05, 4.69) is 36.7 Å². The third-order valence-electron chi connectivity index (χ3n) is 4.95. The maximum atomic E-state index is 11.5. The first-order valence-electron chi connectivity index (χ1n) is 9.28. The SMILES string of the molecule is CCCC(CC)c1cnc2c(ccn2Cc2ccc(C(=O)OC)cc2)c1. The van der Waals surface area contributed by atoms with Crippen molar-refractivity contribution in [2.75, 3.05) is 7.11 Å². The van der Waals surface area contributed by atoms with Crippen molar-refractivity contribution in [2.24, 2.45) is 0 Å². The van der Waals surface area contributed by atoms with Crippen LogP contribution in [0.5, 0.6) is 0 Å². The number of carbonyl (C=O) groups is 1. The number of rotatable bonds is 7. The fraction of sp³-hybridized carbons (Fsp3) is 0.364. The van der Waals surface area contributed by atoms with E-state index in [1.165, 1.54) is 30.9 Å². The summed E-state index contributed by atoms with van der Waals surface area (Å²) in [6, 6.07) is 11.9. The molecule has 0 radical (unpaired) electrons. The zero-order valence-corrected chi connectivity index (χ0v) is 15.7. The molecule has 26 heavy (non-hydrogen) atoms. The van der Waals surface area contributed by atoms with Gasteiger partial charge in [0.2, 0.25) is 0 Å². The van der Waals surface area contributed by atoms with Gasteiger partial charge in [0.15, 0.2) is 0 Å². The molecular formula is C22H26N2O2. The van der Waals surface area contributed by atoms with Gasteiger partial charge in [-0.3, -0.25) is 0 Å². The van der Waals surface area contributed by atoms with Crippen LogP contribution in [-0.4, -0.2) is 22.6 Å². The molecule has 0 bridgehead atoms. The number of esters is 1. The number of nitrogens with zero attached hydrogens (tertiary/aromatic N) is 2. The van der Waals surface area contributed by atoms with E-state index in [-0.39, 0.29) is 5.97 Å². The molecule has 0 fully saturated rings. The van der Waals surface area contributed by atoms with E-state index in [1.807, 2.05) is 18.3 Å². The van der Waals surface area contributed by atoms with Crippen molar-refractivity contribution in [2.45, 2.75) is 45.6 Å². The van der Waals surface area contributed by atoms with E-state index in [0.717, 1.165) is 24.2 Å². The first-order chi connectivity index (χ1) is 12.7. The molecule has 0 N–H and O–H groups in total. The van der Waals surface area contributed by atoms with E-state index in [4.69, 9.17) is 9.72 Å². The lowest BCUT2D eigenvalue weighted by molar-refractivity contribution is 0.0600. The molecule has 1 atom stereocenters. The van der Waals surface area contributed by atoms with Crippen LogP contribution in [-0.2, 0) is 11.3 Å². The summed E-state index contributed by atoms with van der Waals surface area (Å²) in [5.74, 6) is 0.279. The molecule has 3 aromatic rings. The molecule has 136 valence electrons. The molecule has 0 spiro atoms. The summed E-state index contributed by atoms with van der Waals surface area (Å²) in [5, 5.41) is 1.18. The zero-order valence-electron chi connectivity index (χ0n) is 15.7. The van der Waals surface area contributed by atoms with E-state index in [1.54, 1.807) is 12.1 Å². The third kappa shape index (κ3) is 3.79. The topological polar surface area (TPSA) is 44.1 Å². The van der Waals surface area contributed by atoms with Gasteiger partial charge in [-0.2, -0.15) is 0 Å². The Morgan fingerprint density at radius 3 is 2.62 bits per heavy atom. The second kappa shape index (κ2) is 8.17. The van der Waals surface area contributed by atoms with Gasteiger partial charge in [0.05, 0.1) is 12.7 Å². The summed E-state index contributed by atoms with van der Waals surface area (Å²) in [4.78, 5) is 16.3. The van der Waals surface area contributed by atoms with Crippen LogP contribution in [0.1, 0.15) is 60.5 Å². The van der Waals surface area contributed by atoms with Crippen molar-refractivity contribution in [1.82, 2.24) is 9.55 Å². The van der Waals surface area contributed by atoms with E-state index < -0.39 is 0 Å². The molecule has 0 aliphatic heterocycles. The molecule has 0 aliphatic rings. The molecular weight excluding hydrogens is 324 g/mol. The van der Waals surface area contributed by atoms with Gasteiger partial charge in [0, 0.05) is 24.3 Å². The summed E-state index contributed by atoms with van der Waals surface area (Å²) in [6.07, 6.45) is 7.66. The number of ether oxygens (including phenoxy) is 1. The molecule has 4 nitrogen and oxygen atoms in total. The lowest BCUT2D eigenvalue weighted by Gasteiger charge is -2.14. The monoisotopic (exact) mass is 350 g/mol. The first kappa shape index (κ1) is 18.2. The number of carbonyl (C=O) groups excluding carboxylic acids is 1. The predicted molar refractivity (Wildman–Crippen MR) is 105 cm³/mol. The van der Waals surface area contributed by atoms with Crippen molar-refractivity contribution >= 4 is 17.0 Å². The fourth-order valence-electron chi connectivity index (χ4n) is 3.46. The molecule has 0 saturated heterocycles. The third-order valence-corrected chi connectivity index (χ3v) is 4.95. The minimum Gasteiger partial charge on any atom is -0.465 e. The number of methoxy groups -OCH3 is 1. The Bertz CT molecular complexity index is 881. The molecule has 3 rings (SSSR count). The van der Waals surface area contributed by atoms with Gasteiger partial charge in [-0.05, 0) is 54.2 Å². The lowest BCUT2D eigenvalue weighted by atomic mass is 9.93. The molecule has 4 heteroatoms. The summed E-state index contributed by atoms with van der Waals surface area (Å²) in [5.41, 5.74) is 4.02. The number of hydrogen-bond acceptors (Lipinski definition) is 3. The largest absolute Gasteiger partial charge is 0.465 e. The molecule has 2 heterocycles. The smallest absolute Gasteiger partial charge is 0.337 e. The maximum absolute atomic E-state index is 11.5. The average molecular weight is 350 g/mol. The molecule has 1 aromatic carbocycles. The van der Waals surface area contributed by atoms with Crippen molar-refractivity contribution < 1.29 is 9.53 Å². The second-order valence-corrected chi connectivity index (χ2v) is 6.71. The van der Waals surface area contributed by atoms with Crippen molar-refractivity contribution in [3.05, 3.63) is 65.5 Å². The van der Waals surface area contributed by atoms with Crippen LogP contribution in [0.25, 0.3) is 11.0 Å². The van der Waals surface area contributed by atoms with E-state index >= 15 is 0 Å². The van der Waals surface area contributed by atoms with Gasteiger partial charge in [0.1, 0.15) is 5.65 Å². The van der Waals surface area contributed by atoms with Crippen LogP contribution in [0.3, 0.4) is 0 Å². The Morgan fingerprint density at radius 1 is 1.19 bits per heavy atom. The number of fused-ring (bicyclic) bond motifs is 1. The number of hydrogen-bond donors (Lipinski definition) is 0. The minimum atomic E-state index is -0.310. The normalized spacial score (nSPS) is 12.3. The van der Waals surface area contributed by atoms with Crippen LogP contribution in [0.4, 0.5) is 0 Å². The zero-order chi connectivity index (χ0) is 18.5. The number of benzene rings is 1. The number of pyridine rings is 1. The first-order valence-corrected chi connectivity index (χ1v) is 9.28. The van der Waals surface area contributed by atoms with Crippen molar-refractivity contribution in [3.63, 3.8) is 0 Å². The van der Waals surface area contributed by atoms with Gasteiger partial charge in [-0.25, -0.2) is 9.78 Å². The lowest BCUT2D eigenvalue weighted by Crippen LogP contribution is -2.03. The summed E-state index contributed by atoms with van der Waals surface area (Å²) >= 11 is 0. The highest BCUT2D eigenvalue weighted by molar-refractivity contribution is 5.89. The minimum absolute atomic E-state index is 0.310. The van der Waals surface area contributed by atoms with Crippen LogP contribution in [0.15, 0.2) is 48.8 Å². The Hall–Kier alpha value is -2.62. The molecule has 0 aliphatic carbocycles. The molecule has 2 aromatic heterocycles. The van der Waals surface area contributed by atoms with Crippen molar-refractivity contribution in [3.8, 4) is 0 Å². The molecule has 1 unspecified atom stereocenters. The molecule has 0 saturated carbocycles. The van der Waals surface area contributed by atoms with E-state index in [0.29, 0.717) is 11.5 Å². The van der Waals surface area contributed by atoms with Gasteiger partial charge in [0.25, 0.3) is 0 Å². The Kier molecular flexibility index (Phi) is 5.71. The summed E-state index contributed by atoms with van der Waals surface area (Å²) in [7, 11) is 1.39. The van der Waals surface area contributed by atoms with Crippen LogP contribution in [0, 0.1) is 0 Å². The van der Waals surface area contributed by atoms with Crippen LogP contribution < -0.4 is 0 Å². The summed E-state index contributed by atoms with van der Waals surface area (Å²) < 4.78 is 6.89.